The molecule has 0 aliphatic heterocycles. The number of ether oxygens (including phenoxy) is 2. The standard InChI is InChI=1S/C16H18O2/c1-12-9-10-16(11-13(12)2)18-14(3)17-15-7-5-4-6-8-15/h4-11,14H,1-3H3. The number of aryl methyl sites for hydroxylation is 2. The fourth-order valence-electron chi connectivity index (χ4n) is 1.69. The van der Waals surface area contributed by atoms with Crippen LogP contribution in [0.5, 0.6) is 11.5 Å². The van der Waals surface area contributed by atoms with Gasteiger partial charge >= 0.3 is 0 Å². The van der Waals surface area contributed by atoms with Crippen molar-refractivity contribution in [2.45, 2.75) is 27.1 Å². The summed E-state index contributed by atoms with van der Waals surface area (Å²) in [5.41, 5.74) is 2.48. The zero-order valence-electron chi connectivity index (χ0n) is 11.0. The monoisotopic (exact) mass is 242 g/mol. The normalized spacial score (nSPS) is 11.9. The van der Waals surface area contributed by atoms with Gasteiger partial charge in [0, 0.05) is 6.92 Å². The van der Waals surface area contributed by atoms with E-state index in [-0.39, 0.29) is 6.29 Å². The van der Waals surface area contributed by atoms with Crippen molar-refractivity contribution < 1.29 is 9.47 Å². The van der Waals surface area contributed by atoms with E-state index in [1.807, 2.05) is 49.4 Å². The molecule has 2 heteroatoms. The first-order chi connectivity index (χ1) is 8.65. The van der Waals surface area contributed by atoms with Crippen molar-refractivity contribution in [2.75, 3.05) is 0 Å². The first-order valence-electron chi connectivity index (χ1n) is 6.11. The van der Waals surface area contributed by atoms with E-state index in [9.17, 15) is 0 Å². The summed E-state index contributed by atoms with van der Waals surface area (Å²) < 4.78 is 11.4. The van der Waals surface area contributed by atoms with Crippen molar-refractivity contribution in [3.63, 3.8) is 0 Å². The first-order valence-corrected chi connectivity index (χ1v) is 6.11. The molecule has 2 aromatic rings. The van der Waals surface area contributed by atoms with E-state index in [2.05, 4.69) is 19.9 Å². The third kappa shape index (κ3) is 3.27. The maximum atomic E-state index is 5.73. The van der Waals surface area contributed by atoms with Gasteiger partial charge in [-0.15, -0.1) is 0 Å². The van der Waals surface area contributed by atoms with E-state index in [1.54, 1.807) is 0 Å². The second-order valence-electron chi connectivity index (χ2n) is 4.36. The molecule has 94 valence electrons. The molecule has 0 aliphatic rings. The third-order valence-electron chi connectivity index (χ3n) is 2.83. The fourth-order valence-corrected chi connectivity index (χ4v) is 1.69. The summed E-state index contributed by atoms with van der Waals surface area (Å²) in [7, 11) is 0. The summed E-state index contributed by atoms with van der Waals surface area (Å²) in [5, 5.41) is 0. The molecule has 0 aliphatic carbocycles. The highest BCUT2D eigenvalue weighted by Gasteiger charge is 2.06. The lowest BCUT2D eigenvalue weighted by Gasteiger charge is -2.17. The van der Waals surface area contributed by atoms with E-state index in [4.69, 9.17) is 9.47 Å². The van der Waals surface area contributed by atoms with Crippen LogP contribution in [0.2, 0.25) is 0 Å². The Balaban J connectivity index is 1.99. The summed E-state index contributed by atoms with van der Waals surface area (Å²) in [6.45, 7) is 6.05. The average Bonchev–Trinajstić information content (AvgIpc) is 2.35. The van der Waals surface area contributed by atoms with Gasteiger partial charge in [-0.05, 0) is 49.2 Å². The van der Waals surface area contributed by atoms with Crippen LogP contribution in [0.4, 0.5) is 0 Å². The third-order valence-corrected chi connectivity index (χ3v) is 2.83. The molecule has 0 saturated heterocycles. The quantitative estimate of drug-likeness (QED) is 0.751. The Morgan fingerprint density at radius 1 is 0.778 bits per heavy atom. The minimum Gasteiger partial charge on any atom is -0.455 e. The van der Waals surface area contributed by atoms with Gasteiger partial charge in [0.15, 0.2) is 0 Å². The van der Waals surface area contributed by atoms with Crippen LogP contribution in [0.25, 0.3) is 0 Å². The number of hydrogen-bond donors (Lipinski definition) is 0. The second kappa shape index (κ2) is 5.58. The van der Waals surface area contributed by atoms with Gasteiger partial charge in [0.25, 0.3) is 0 Å². The molecule has 0 N–H and O–H groups in total. The van der Waals surface area contributed by atoms with Crippen LogP contribution in [-0.4, -0.2) is 6.29 Å². The van der Waals surface area contributed by atoms with Crippen molar-refractivity contribution in [2.24, 2.45) is 0 Å². The summed E-state index contributed by atoms with van der Waals surface area (Å²) in [6, 6.07) is 15.7. The maximum absolute atomic E-state index is 5.73. The van der Waals surface area contributed by atoms with Crippen molar-refractivity contribution in [1.29, 1.82) is 0 Å². The summed E-state index contributed by atoms with van der Waals surface area (Å²) in [5.74, 6) is 1.65. The predicted molar refractivity (Wildman–Crippen MR) is 73.1 cm³/mol. The van der Waals surface area contributed by atoms with E-state index < -0.39 is 0 Å². The number of benzene rings is 2. The van der Waals surface area contributed by atoms with Crippen molar-refractivity contribution in [3.8, 4) is 11.5 Å². The van der Waals surface area contributed by atoms with E-state index in [0.717, 1.165) is 11.5 Å². The van der Waals surface area contributed by atoms with E-state index in [0.29, 0.717) is 0 Å². The highest BCUT2D eigenvalue weighted by molar-refractivity contribution is 5.33. The summed E-state index contributed by atoms with van der Waals surface area (Å²) in [6.07, 6.45) is -0.311. The molecule has 0 fully saturated rings. The molecule has 0 saturated carbocycles. The minimum atomic E-state index is -0.311. The number of rotatable bonds is 4. The molecule has 18 heavy (non-hydrogen) atoms. The molecule has 2 aromatic carbocycles. The zero-order chi connectivity index (χ0) is 13.0. The van der Waals surface area contributed by atoms with Crippen molar-refractivity contribution in [3.05, 3.63) is 59.7 Å². The van der Waals surface area contributed by atoms with Gasteiger partial charge in [-0.3, -0.25) is 0 Å². The van der Waals surface area contributed by atoms with Gasteiger partial charge in [0.2, 0.25) is 6.29 Å². The minimum absolute atomic E-state index is 0.311. The molecule has 1 unspecified atom stereocenters. The second-order valence-corrected chi connectivity index (χ2v) is 4.36. The smallest absolute Gasteiger partial charge is 0.238 e. The first kappa shape index (κ1) is 12.5. The van der Waals surface area contributed by atoms with Crippen LogP contribution >= 0.6 is 0 Å². The van der Waals surface area contributed by atoms with Gasteiger partial charge < -0.3 is 9.47 Å². The van der Waals surface area contributed by atoms with Crippen LogP contribution in [-0.2, 0) is 0 Å². The Labute approximate surface area is 108 Å². The van der Waals surface area contributed by atoms with Crippen LogP contribution in [0.15, 0.2) is 48.5 Å². The Hall–Kier alpha value is -1.96. The van der Waals surface area contributed by atoms with E-state index >= 15 is 0 Å². The zero-order valence-corrected chi connectivity index (χ0v) is 11.0. The number of hydrogen-bond acceptors (Lipinski definition) is 2. The molecular formula is C16H18O2. The molecule has 0 radical (unpaired) electrons. The molecule has 2 nitrogen and oxygen atoms in total. The van der Waals surface area contributed by atoms with Crippen LogP contribution in [0, 0.1) is 13.8 Å². The lowest BCUT2D eigenvalue weighted by molar-refractivity contribution is 0.0223. The van der Waals surface area contributed by atoms with Gasteiger partial charge in [-0.1, -0.05) is 24.3 Å². The molecule has 2 rings (SSSR count). The Kier molecular flexibility index (Phi) is 3.88. The van der Waals surface area contributed by atoms with Crippen LogP contribution < -0.4 is 9.47 Å². The predicted octanol–water partition coefficient (Wildman–Crippen LogP) is 4.11. The molecule has 0 aromatic heterocycles. The fraction of sp³-hybridized carbons (Fsp3) is 0.250. The lowest BCUT2D eigenvalue weighted by atomic mass is 10.1. The van der Waals surface area contributed by atoms with Crippen molar-refractivity contribution in [1.82, 2.24) is 0 Å². The lowest BCUT2D eigenvalue weighted by Crippen LogP contribution is -2.19. The SMILES string of the molecule is Cc1ccc(OC(C)Oc2ccccc2)cc1C. The highest BCUT2D eigenvalue weighted by Crippen LogP contribution is 2.19. The molecule has 0 spiro atoms. The largest absolute Gasteiger partial charge is 0.455 e. The average molecular weight is 242 g/mol. The van der Waals surface area contributed by atoms with Crippen LogP contribution in [0.1, 0.15) is 18.1 Å². The molecule has 1 atom stereocenters. The van der Waals surface area contributed by atoms with Gasteiger partial charge in [0.1, 0.15) is 11.5 Å². The highest BCUT2D eigenvalue weighted by atomic mass is 16.7. The summed E-state index contributed by atoms with van der Waals surface area (Å²) in [4.78, 5) is 0. The van der Waals surface area contributed by atoms with Gasteiger partial charge in [0.05, 0.1) is 0 Å². The topological polar surface area (TPSA) is 18.5 Å². The molecular weight excluding hydrogens is 224 g/mol. The number of para-hydroxylation sites is 1. The maximum Gasteiger partial charge on any atom is 0.238 e. The Morgan fingerprint density at radius 3 is 2.11 bits per heavy atom. The van der Waals surface area contributed by atoms with Gasteiger partial charge in [-0.2, -0.15) is 0 Å². The van der Waals surface area contributed by atoms with Crippen molar-refractivity contribution >= 4 is 0 Å². The molecule has 0 heterocycles. The molecule has 0 bridgehead atoms. The Bertz CT molecular complexity index is 506. The van der Waals surface area contributed by atoms with E-state index in [1.165, 1.54) is 11.1 Å². The van der Waals surface area contributed by atoms with Crippen LogP contribution in [0.3, 0.4) is 0 Å². The molecule has 0 amide bonds. The van der Waals surface area contributed by atoms with Gasteiger partial charge in [-0.25, -0.2) is 0 Å². The Morgan fingerprint density at radius 2 is 1.44 bits per heavy atom. The summed E-state index contributed by atoms with van der Waals surface area (Å²) >= 11 is 0.